The molecule has 0 aliphatic rings. The Hall–Kier alpha value is -1.56. The summed E-state index contributed by atoms with van der Waals surface area (Å²) in [6.07, 6.45) is 1.78. The maximum atomic E-state index is 12.3. The van der Waals surface area contributed by atoms with E-state index in [2.05, 4.69) is 21.2 Å². The molecule has 0 aromatic heterocycles. The first-order chi connectivity index (χ1) is 11.2. The molecule has 0 aliphatic carbocycles. The van der Waals surface area contributed by atoms with Crippen LogP contribution in [0.5, 0.6) is 5.75 Å². The van der Waals surface area contributed by atoms with Gasteiger partial charge in [-0.15, -0.1) is 12.4 Å². The van der Waals surface area contributed by atoms with Crippen LogP contribution < -0.4 is 15.8 Å². The highest BCUT2D eigenvalue weighted by Crippen LogP contribution is 2.22. The quantitative estimate of drug-likeness (QED) is 0.645. The first kappa shape index (κ1) is 20.5. The number of benzene rings is 2. The van der Waals surface area contributed by atoms with Crippen molar-refractivity contribution in [3.63, 3.8) is 0 Å². The zero-order chi connectivity index (χ0) is 16.5. The van der Waals surface area contributed by atoms with Crippen LogP contribution in [-0.2, 0) is 6.61 Å². The predicted molar refractivity (Wildman–Crippen MR) is 103 cm³/mol. The van der Waals surface area contributed by atoms with Gasteiger partial charge >= 0.3 is 0 Å². The molecule has 2 aromatic rings. The molecule has 0 bridgehead atoms. The molecule has 3 N–H and O–H groups in total. The maximum absolute atomic E-state index is 12.3. The van der Waals surface area contributed by atoms with Crippen LogP contribution in [0.3, 0.4) is 0 Å². The smallest absolute Gasteiger partial charge is 0.255 e. The molecule has 2 rings (SSSR count). The number of nitrogens with one attached hydrogen (secondary N) is 1. The van der Waals surface area contributed by atoms with Crippen LogP contribution in [0.1, 0.15) is 28.8 Å². The molecule has 4 nitrogen and oxygen atoms in total. The van der Waals surface area contributed by atoms with Gasteiger partial charge in [0.25, 0.3) is 5.91 Å². The second kappa shape index (κ2) is 11.1. The fourth-order valence-corrected chi connectivity index (χ4v) is 2.52. The van der Waals surface area contributed by atoms with Crippen molar-refractivity contribution < 1.29 is 9.53 Å². The molecule has 0 unspecified atom stereocenters. The topological polar surface area (TPSA) is 64.3 Å². The Kier molecular flexibility index (Phi) is 9.45. The van der Waals surface area contributed by atoms with Crippen molar-refractivity contribution in [2.75, 3.05) is 13.1 Å². The van der Waals surface area contributed by atoms with Crippen LogP contribution in [0.15, 0.2) is 53.0 Å². The summed E-state index contributed by atoms with van der Waals surface area (Å²) < 4.78 is 6.83. The molecule has 0 aliphatic heterocycles. The highest BCUT2D eigenvalue weighted by atomic mass is 79.9. The molecule has 0 atom stereocenters. The molecule has 130 valence electrons. The number of hydrogen-bond acceptors (Lipinski definition) is 3. The lowest BCUT2D eigenvalue weighted by Crippen LogP contribution is -2.25. The summed E-state index contributed by atoms with van der Waals surface area (Å²) in [6.45, 7) is 1.66. The number of unbranched alkanes of at least 4 members (excludes halogenated alkanes) is 1. The summed E-state index contributed by atoms with van der Waals surface area (Å²) >= 11 is 3.50. The fraction of sp³-hybridized carbons (Fsp3) is 0.278. The Bertz CT molecular complexity index is 652. The van der Waals surface area contributed by atoms with Crippen LogP contribution in [0.2, 0.25) is 0 Å². The molecule has 1 amide bonds. The molecule has 0 spiro atoms. The average molecular weight is 414 g/mol. The Morgan fingerprint density at radius 3 is 2.54 bits per heavy atom. The lowest BCUT2D eigenvalue weighted by atomic mass is 10.2. The van der Waals surface area contributed by atoms with Crippen molar-refractivity contribution in [3.8, 4) is 5.75 Å². The third-order valence-corrected chi connectivity index (χ3v) is 4.16. The molecule has 24 heavy (non-hydrogen) atoms. The molecule has 0 heterocycles. The summed E-state index contributed by atoms with van der Waals surface area (Å²) in [5, 5.41) is 2.90. The Morgan fingerprint density at radius 1 is 1.08 bits per heavy atom. The van der Waals surface area contributed by atoms with Gasteiger partial charge in [0, 0.05) is 16.6 Å². The summed E-state index contributed by atoms with van der Waals surface area (Å²) in [5.74, 6) is 0.462. The summed E-state index contributed by atoms with van der Waals surface area (Å²) in [5.41, 5.74) is 7.03. The van der Waals surface area contributed by atoms with Gasteiger partial charge in [0.1, 0.15) is 12.4 Å². The zero-order valence-electron chi connectivity index (χ0n) is 13.3. The predicted octanol–water partition coefficient (Wildman–Crippen LogP) is 3.92. The van der Waals surface area contributed by atoms with Gasteiger partial charge in [-0.05, 0) is 37.6 Å². The van der Waals surface area contributed by atoms with Gasteiger partial charge in [0.2, 0.25) is 0 Å². The number of para-hydroxylation sites is 1. The second-order valence-corrected chi connectivity index (χ2v) is 5.98. The Morgan fingerprint density at radius 2 is 1.79 bits per heavy atom. The minimum Gasteiger partial charge on any atom is -0.488 e. The standard InChI is InChI=1S/C18H21BrN2O2.ClH/c19-16-9-3-1-7-14(16)13-23-17-10-4-2-8-15(17)18(22)21-12-6-5-11-20;/h1-4,7-10H,5-6,11-13,20H2,(H,21,22);1H. The molecule has 6 heteroatoms. The SMILES string of the molecule is Cl.NCCCCNC(=O)c1ccccc1OCc1ccccc1Br. The fourth-order valence-electron chi connectivity index (χ4n) is 2.12. The van der Waals surface area contributed by atoms with Gasteiger partial charge in [-0.3, -0.25) is 4.79 Å². The minimum atomic E-state index is -0.121. The van der Waals surface area contributed by atoms with Crippen LogP contribution in [-0.4, -0.2) is 19.0 Å². The molecule has 0 saturated heterocycles. The van der Waals surface area contributed by atoms with Crippen LogP contribution in [0.4, 0.5) is 0 Å². The van der Waals surface area contributed by atoms with E-state index in [1.165, 1.54) is 0 Å². The average Bonchev–Trinajstić information content (AvgIpc) is 2.58. The highest BCUT2D eigenvalue weighted by Gasteiger charge is 2.12. The van der Waals surface area contributed by atoms with Crippen LogP contribution >= 0.6 is 28.3 Å². The number of halogens is 2. The number of carbonyl (C=O) groups excluding carboxylic acids is 1. The van der Waals surface area contributed by atoms with Gasteiger partial charge in [0.05, 0.1) is 5.56 Å². The van der Waals surface area contributed by atoms with Crippen molar-refractivity contribution in [1.29, 1.82) is 0 Å². The highest BCUT2D eigenvalue weighted by molar-refractivity contribution is 9.10. The van der Waals surface area contributed by atoms with E-state index in [0.29, 0.717) is 31.0 Å². The lowest BCUT2D eigenvalue weighted by Gasteiger charge is -2.12. The first-order valence-corrected chi connectivity index (χ1v) is 8.45. The van der Waals surface area contributed by atoms with Gasteiger partial charge < -0.3 is 15.8 Å². The van der Waals surface area contributed by atoms with Crippen molar-refractivity contribution in [1.82, 2.24) is 5.32 Å². The number of amides is 1. The molecule has 2 aromatic carbocycles. The number of carbonyl (C=O) groups is 1. The van der Waals surface area contributed by atoms with E-state index in [0.717, 1.165) is 22.9 Å². The third kappa shape index (κ3) is 6.15. The lowest BCUT2D eigenvalue weighted by molar-refractivity contribution is 0.0948. The van der Waals surface area contributed by atoms with Crippen molar-refractivity contribution in [3.05, 3.63) is 64.1 Å². The second-order valence-electron chi connectivity index (χ2n) is 5.13. The van der Waals surface area contributed by atoms with E-state index >= 15 is 0 Å². The van der Waals surface area contributed by atoms with Gasteiger partial charge in [-0.2, -0.15) is 0 Å². The van der Waals surface area contributed by atoms with E-state index in [1.54, 1.807) is 6.07 Å². The molecule has 0 radical (unpaired) electrons. The number of rotatable bonds is 8. The minimum absolute atomic E-state index is 0. The van der Waals surface area contributed by atoms with Crippen molar-refractivity contribution >= 4 is 34.2 Å². The van der Waals surface area contributed by atoms with E-state index in [1.807, 2.05) is 42.5 Å². The van der Waals surface area contributed by atoms with Gasteiger partial charge in [0.15, 0.2) is 0 Å². The van der Waals surface area contributed by atoms with Crippen LogP contribution in [0, 0.1) is 0 Å². The summed E-state index contributed by atoms with van der Waals surface area (Å²) in [7, 11) is 0. The summed E-state index contributed by atoms with van der Waals surface area (Å²) in [4.78, 5) is 12.3. The van der Waals surface area contributed by atoms with E-state index in [-0.39, 0.29) is 18.3 Å². The third-order valence-electron chi connectivity index (χ3n) is 3.39. The Labute approximate surface area is 157 Å². The molecular weight excluding hydrogens is 392 g/mol. The van der Waals surface area contributed by atoms with Gasteiger partial charge in [-0.25, -0.2) is 0 Å². The Balaban J connectivity index is 0.00000288. The largest absolute Gasteiger partial charge is 0.488 e. The number of ether oxygens (including phenoxy) is 1. The monoisotopic (exact) mass is 412 g/mol. The van der Waals surface area contributed by atoms with Crippen molar-refractivity contribution in [2.45, 2.75) is 19.4 Å². The maximum Gasteiger partial charge on any atom is 0.255 e. The number of nitrogens with two attached hydrogens (primary N) is 1. The molecular formula is C18H22BrClN2O2. The number of hydrogen-bond donors (Lipinski definition) is 2. The zero-order valence-corrected chi connectivity index (χ0v) is 15.7. The van der Waals surface area contributed by atoms with Crippen molar-refractivity contribution in [2.24, 2.45) is 5.73 Å². The summed E-state index contributed by atoms with van der Waals surface area (Å²) in [6, 6.07) is 15.1. The van der Waals surface area contributed by atoms with Crippen LogP contribution in [0.25, 0.3) is 0 Å². The first-order valence-electron chi connectivity index (χ1n) is 7.66. The molecule has 0 saturated carbocycles. The van der Waals surface area contributed by atoms with E-state index in [9.17, 15) is 4.79 Å². The molecule has 0 fully saturated rings. The normalized spacial score (nSPS) is 9.92. The van der Waals surface area contributed by atoms with Gasteiger partial charge in [-0.1, -0.05) is 46.3 Å². The van der Waals surface area contributed by atoms with E-state index < -0.39 is 0 Å². The van der Waals surface area contributed by atoms with E-state index in [4.69, 9.17) is 10.5 Å².